The number of furan rings is 1. The van der Waals surface area contributed by atoms with Crippen molar-refractivity contribution in [3.05, 3.63) is 24.2 Å². The average Bonchev–Trinajstić information content (AvgIpc) is 3.02. The van der Waals surface area contributed by atoms with Crippen LogP contribution in [-0.2, 0) is 4.79 Å². The molecule has 2 amide bonds. The van der Waals surface area contributed by atoms with Gasteiger partial charge in [-0.2, -0.15) is 0 Å². The van der Waals surface area contributed by atoms with Gasteiger partial charge in [0, 0.05) is 45.1 Å². The molecule has 0 aliphatic carbocycles. The molecule has 0 unspecified atom stereocenters. The van der Waals surface area contributed by atoms with Gasteiger partial charge in [0.2, 0.25) is 5.91 Å². The van der Waals surface area contributed by atoms with E-state index >= 15 is 0 Å². The highest BCUT2D eigenvalue weighted by Crippen LogP contribution is 2.35. The molecule has 0 saturated carbocycles. The Kier molecular flexibility index (Phi) is 4.09. The zero-order chi connectivity index (χ0) is 16.6. The second-order valence-electron chi connectivity index (χ2n) is 6.16. The summed E-state index contributed by atoms with van der Waals surface area (Å²) in [6.45, 7) is 2.03. The summed E-state index contributed by atoms with van der Waals surface area (Å²) >= 11 is 0. The van der Waals surface area contributed by atoms with Crippen molar-refractivity contribution in [1.29, 1.82) is 0 Å². The third kappa shape index (κ3) is 3.36. The summed E-state index contributed by atoms with van der Waals surface area (Å²) in [5.41, 5.74) is 0. The first kappa shape index (κ1) is 15.9. The van der Waals surface area contributed by atoms with Gasteiger partial charge < -0.3 is 14.6 Å². The number of nitrogens with one attached hydrogen (secondary N) is 1. The second-order valence-corrected chi connectivity index (χ2v) is 6.16. The van der Waals surface area contributed by atoms with Gasteiger partial charge in [0.15, 0.2) is 5.76 Å². The van der Waals surface area contributed by atoms with Gasteiger partial charge in [-0.25, -0.2) is 8.78 Å². The predicted molar refractivity (Wildman–Crippen MR) is 77.1 cm³/mol. The van der Waals surface area contributed by atoms with Gasteiger partial charge in [-0.1, -0.05) is 0 Å². The summed E-state index contributed by atoms with van der Waals surface area (Å²) < 4.78 is 32.5. The Morgan fingerprint density at radius 1 is 1.43 bits per heavy atom. The first-order valence-electron chi connectivity index (χ1n) is 7.56. The van der Waals surface area contributed by atoms with Crippen LogP contribution in [0.25, 0.3) is 0 Å². The van der Waals surface area contributed by atoms with Crippen molar-refractivity contribution in [2.24, 2.45) is 0 Å². The Hall–Kier alpha value is -1.96. The molecule has 2 fully saturated rings. The summed E-state index contributed by atoms with van der Waals surface area (Å²) in [5, 5.41) is 2.61. The van der Waals surface area contributed by atoms with Crippen LogP contribution < -0.4 is 5.32 Å². The quantitative estimate of drug-likeness (QED) is 0.894. The standard InChI is InChI=1S/C15H19F2N3O3/c1-10(21)18-6-11-5-15(16,17)9-20(11)12-7-19(8-12)14(22)13-3-2-4-23-13/h2-4,11-12H,5-9H2,1H3,(H,18,21)/t11-/m0/s1. The Bertz CT molecular complexity index is 585. The van der Waals surface area contributed by atoms with Gasteiger partial charge in [0.05, 0.1) is 12.8 Å². The second kappa shape index (κ2) is 5.92. The van der Waals surface area contributed by atoms with Crippen molar-refractivity contribution in [1.82, 2.24) is 15.1 Å². The van der Waals surface area contributed by atoms with Crippen LogP contribution in [0, 0.1) is 0 Å². The van der Waals surface area contributed by atoms with Crippen molar-refractivity contribution in [2.45, 2.75) is 31.4 Å². The van der Waals surface area contributed by atoms with Crippen molar-refractivity contribution in [3.8, 4) is 0 Å². The molecule has 1 atom stereocenters. The molecule has 2 saturated heterocycles. The summed E-state index contributed by atoms with van der Waals surface area (Å²) in [5.74, 6) is -2.96. The number of hydrogen-bond donors (Lipinski definition) is 1. The molecular formula is C15H19F2N3O3. The molecule has 3 heterocycles. The smallest absolute Gasteiger partial charge is 0.289 e. The van der Waals surface area contributed by atoms with Crippen molar-refractivity contribution < 1.29 is 22.8 Å². The molecule has 0 spiro atoms. The number of nitrogens with zero attached hydrogens (tertiary/aromatic N) is 2. The number of amides is 2. The van der Waals surface area contributed by atoms with E-state index in [1.807, 2.05) is 0 Å². The van der Waals surface area contributed by atoms with Gasteiger partial charge in [-0.05, 0) is 12.1 Å². The van der Waals surface area contributed by atoms with Crippen LogP contribution in [0.5, 0.6) is 0 Å². The lowest BCUT2D eigenvalue weighted by Crippen LogP contribution is -2.63. The first-order valence-corrected chi connectivity index (χ1v) is 7.56. The molecule has 23 heavy (non-hydrogen) atoms. The summed E-state index contributed by atoms with van der Waals surface area (Å²) in [4.78, 5) is 26.4. The number of carbonyl (C=O) groups is 2. The first-order chi connectivity index (χ1) is 10.9. The number of carbonyl (C=O) groups excluding carboxylic acids is 2. The SMILES string of the molecule is CC(=O)NC[C@@H]1CC(F)(F)CN1C1CN(C(=O)c2ccco2)C1. The number of alkyl halides is 2. The lowest BCUT2D eigenvalue weighted by Gasteiger charge is -2.45. The van der Waals surface area contributed by atoms with Crippen molar-refractivity contribution in [2.75, 3.05) is 26.2 Å². The molecular weight excluding hydrogens is 308 g/mol. The monoisotopic (exact) mass is 327 g/mol. The summed E-state index contributed by atoms with van der Waals surface area (Å²) in [7, 11) is 0. The Labute approximate surface area is 132 Å². The molecule has 0 aromatic carbocycles. The van der Waals surface area contributed by atoms with E-state index in [-0.39, 0.29) is 43.1 Å². The predicted octanol–water partition coefficient (Wildman–Crippen LogP) is 0.950. The highest BCUT2D eigenvalue weighted by molar-refractivity contribution is 5.92. The van der Waals surface area contributed by atoms with Gasteiger partial charge >= 0.3 is 0 Å². The maximum absolute atomic E-state index is 13.7. The maximum atomic E-state index is 13.7. The van der Waals surface area contributed by atoms with E-state index in [1.54, 1.807) is 21.9 Å². The molecule has 0 radical (unpaired) electrons. The van der Waals surface area contributed by atoms with Crippen LogP contribution in [0.2, 0.25) is 0 Å². The fourth-order valence-corrected chi connectivity index (χ4v) is 3.19. The van der Waals surface area contributed by atoms with Gasteiger partial charge in [-0.3, -0.25) is 14.5 Å². The highest BCUT2D eigenvalue weighted by Gasteiger charge is 2.50. The van der Waals surface area contributed by atoms with E-state index < -0.39 is 12.0 Å². The third-order valence-electron chi connectivity index (χ3n) is 4.35. The Morgan fingerprint density at radius 3 is 2.78 bits per heavy atom. The third-order valence-corrected chi connectivity index (χ3v) is 4.35. The van der Waals surface area contributed by atoms with E-state index in [2.05, 4.69) is 5.32 Å². The van der Waals surface area contributed by atoms with Crippen molar-refractivity contribution >= 4 is 11.8 Å². The average molecular weight is 327 g/mol. The molecule has 0 bridgehead atoms. The van der Waals surface area contributed by atoms with Crippen LogP contribution in [0.3, 0.4) is 0 Å². The van der Waals surface area contributed by atoms with Crippen molar-refractivity contribution in [3.63, 3.8) is 0 Å². The molecule has 2 aliphatic heterocycles. The lowest BCUT2D eigenvalue weighted by atomic mass is 10.1. The van der Waals surface area contributed by atoms with Gasteiger partial charge in [0.25, 0.3) is 11.8 Å². The van der Waals surface area contributed by atoms with Crippen LogP contribution in [0.1, 0.15) is 23.9 Å². The fraction of sp³-hybridized carbons (Fsp3) is 0.600. The zero-order valence-corrected chi connectivity index (χ0v) is 12.8. The minimum absolute atomic E-state index is 0.110. The number of halogens is 2. The molecule has 1 aromatic heterocycles. The molecule has 1 N–H and O–H groups in total. The van der Waals surface area contributed by atoms with Crippen LogP contribution in [-0.4, -0.2) is 65.8 Å². The normalized spacial score (nSPS) is 24.5. The topological polar surface area (TPSA) is 65.8 Å². The molecule has 126 valence electrons. The minimum Gasteiger partial charge on any atom is -0.459 e. The Balaban J connectivity index is 1.58. The van der Waals surface area contributed by atoms with Crippen LogP contribution >= 0.6 is 0 Å². The highest BCUT2D eigenvalue weighted by atomic mass is 19.3. The lowest BCUT2D eigenvalue weighted by molar-refractivity contribution is -0.119. The van der Waals surface area contributed by atoms with Gasteiger partial charge in [0.1, 0.15) is 0 Å². The van der Waals surface area contributed by atoms with E-state index in [9.17, 15) is 18.4 Å². The van der Waals surface area contributed by atoms with E-state index in [0.29, 0.717) is 13.1 Å². The molecule has 2 aliphatic rings. The largest absolute Gasteiger partial charge is 0.459 e. The molecule has 1 aromatic rings. The van der Waals surface area contributed by atoms with E-state index in [4.69, 9.17) is 4.42 Å². The van der Waals surface area contributed by atoms with E-state index in [1.165, 1.54) is 13.2 Å². The Morgan fingerprint density at radius 2 is 2.17 bits per heavy atom. The zero-order valence-electron chi connectivity index (χ0n) is 12.8. The minimum atomic E-state index is -2.76. The van der Waals surface area contributed by atoms with E-state index in [0.717, 1.165) is 0 Å². The number of rotatable bonds is 4. The van der Waals surface area contributed by atoms with Crippen LogP contribution in [0.15, 0.2) is 22.8 Å². The molecule has 3 rings (SSSR count). The summed E-state index contributed by atoms with van der Waals surface area (Å²) in [6, 6.07) is 2.70. The van der Waals surface area contributed by atoms with Gasteiger partial charge in [-0.15, -0.1) is 0 Å². The fourth-order valence-electron chi connectivity index (χ4n) is 3.19. The number of likely N-dealkylation sites (tertiary alicyclic amines) is 2. The number of hydrogen-bond acceptors (Lipinski definition) is 4. The van der Waals surface area contributed by atoms with Crippen LogP contribution in [0.4, 0.5) is 8.78 Å². The maximum Gasteiger partial charge on any atom is 0.289 e. The molecule has 6 nitrogen and oxygen atoms in total. The molecule has 8 heteroatoms. The summed E-state index contributed by atoms with van der Waals surface area (Å²) in [6.07, 6.45) is 1.16.